The van der Waals surface area contributed by atoms with Crippen molar-refractivity contribution in [2.24, 2.45) is 5.41 Å². The Balaban J connectivity index is 1.79. The predicted molar refractivity (Wildman–Crippen MR) is 84.8 cm³/mol. The highest BCUT2D eigenvalue weighted by Crippen LogP contribution is 2.39. The first kappa shape index (κ1) is 14.1. The van der Waals surface area contributed by atoms with Crippen LogP contribution in [0.15, 0.2) is 30.3 Å². The molecule has 1 saturated heterocycles. The summed E-state index contributed by atoms with van der Waals surface area (Å²) in [5, 5.41) is 3.58. The van der Waals surface area contributed by atoms with Crippen molar-refractivity contribution in [1.29, 1.82) is 0 Å². The molecule has 0 radical (unpaired) electrons. The maximum Gasteiger partial charge on any atom is 0.0476 e. The van der Waals surface area contributed by atoms with E-state index in [-0.39, 0.29) is 0 Å². The summed E-state index contributed by atoms with van der Waals surface area (Å²) in [6, 6.07) is 12.4. The Kier molecular flexibility index (Phi) is 4.13. The minimum Gasteiger partial charge on any atom is -0.314 e. The van der Waals surface area contributed by atoms with Crippen LogP contribution in [-0.4, -0.2) is 30.6 Å². The average molecular weight is 272 g/mol. The van der Waals surface area contributed by atoms with Crippen LogP contribution in [0.1, 0.15) is 51.1 Å². The molecule has 2 atom stereocenters. The van der Waals surface area contributed by atoms with E-state index < -0.39 is 0 Å². The Morgan fingerprint density at radius 3 is 2.75 bits per heavy atom. The van der Waals surface area contributed by atoms with Crippen LogP contribution in [0.25, 0.3) is 0 Å². The summed E-state index contributed by atoms with van der Waals surface area (Å²) in [6.07, 6.45) is 5.53. The molecule has 1 aliphatic carbocycles. The van der Waals surface area contributed by atoms with Crippen LogP contribution < -0.4 is 5.32 Å². The number of hydrogen-bond donors (Lipinski definition) is 1. The predicted octanol–water partition coefficient (Wildman–Crippen LogP) is 3.60. The molecule has 0 aromatic heterocycles. The van der Waals surface area contributed by atoms with Gasteiger partial charge in [-0.25, -0.2) is 0 Å². The van der Waals surface area contributed by atoms with E-state index in [0.717, 1.165) is 19.1 Å². The number of rotatable bonds is 2. The first-order valence-corrected chi connectivity index (χ1v) is 8.17. The standard InChI is InChI=1S/C18H28N2/c1-18(2)10-6-9-16(13-18)20-12-11-19-14-17(20)15-7-4-3-5-8-15/h3-5,7-8,16-17,19H,6,9-14H2,1-2H3. The van der Waals surface area contributed by atoms with Crippen LogP contribution in [-0.2, 0) is 0 Å². The van der Waals surface area contributed by atoms with Gasteiger partial charge in [0, 0.05) is 31.7 Å². The number of nitrogens with zero attached hydrogens (tertiary/aromatic N) is 1. The Labute approximate surface area is 123 Å². The molecule has 2 unspecified atom stereocenters. The molecule has 0 amide bonds. The molecule has 20 heavy (non-hydrogen) atoms. The topological polar surface area (TPSA) is 15.3 Å². The number of nitrogens with one attached hydrogen (secondary N) is 1. The lowest BCUT2D eigenvalue weighted by molar-refractivity contribution is 0.0453. The fourth-order valence-corrected chi connectivity index (χ4v) is 4.08. The largest absolute Gasteiger partial charge is 0.314 e. The second kappa shape index (κ2) is 5.87. The molecular weight excluding hydrogens is 244 g/mol. The van der Waals surface area contributed by atoms with Gasteiger partial charge in [-0.1, -0.05) is 50.6 Å². The third kappa shape index (κ3) is 3.07. The molecular formula is C18H28N2. The number of hydrogen-bond acceptors (Lipinski definition) is 2. The van der Waals surface area contributed by atoms with E-state index in [9.17, 15) is 0 Å². The third-order valence-corrected chi connectivity index (χ3v) is 5.12. The van der Waals surface area contributed by atoms with Crippen LogP contribution >= 0.6 is 0 Å². The minimum atomic E-state index is 0.523. The fourth-order valence-electron chi connectivity index (χ4n) is 4.08. The van der Waals surface area contributed by atoms with Crippen molar-refractivity contribution in [1.82, 2.24) is 10.2 Å². The SMILES string of the molecule is CC1(C)CCCC(N2CCNCC2c2ccccc2)C1. The summed E-state index contributed by atoms with van der Waals surface area (Å²) < 4.78 is 0. The van der Waals surface area contributed by atoms with Gasteiger partial charge in [-0.3, -0.25) is 4.90 Å². The van der Waals surface area contributed by atoms with E-state index in [4.69, 9.17) is 0 Å². The minimum absolute atomic E-state index is 0.523. The van der Waals surface area contributed by atoms with Gasteiger partial charge >= 0.3 is 0 Å². The molecule has 1 aromatic rings. The number of piperazine rings is 1. The van der Waals surface area contributed by atoms with Crippen LogP contribution in [0, 0.1) is 5.41 Å². The van der Waals surface area contributed by atoms with E-state index in [1.54, 1.807) is 0 Å². The van der Waals surface area contributed by atoms with E-state index in [2.05, 4.69) is 54.4 Å². The molecule has 0 bridgehead atoms. The van der Waals surface area contributed by atoms with Crippen LogP contribution in [0.2, 0.25) is 0 Å². The van der Waals surface area contributed by atoms with Crippen LogP contribution in [0.3, 0.4) is 0 Å². The van der Waals surface area contributed by atoms with Gasteiger partial charge in [0.25, 0.3) is 0 Å². The summed E-state index contributed by atoms with van der Waals surface area (Å²) in [7, 11) is 0. The van der Waals surface area contributed by atoms with Gasteiger partial charge in [0.05, 0.1) is 0 Å². The van der Waals surface area contributed by atoms with Crippen molar-refractivity contribution in [3.63, 3.8) is 0 Å². The average Bonchev–Trinajstić information content (AvgIpc) is 2.47. The summed E-state index contributed by atoms with van der Waals surface area (Å²) >= 11 is 0. The van der Waals surface area contributed by atoms with Gasteiger partial charge in [0.1, 0.15) is 0 Å². The normalized spacial score (nSPS) is 31.1. The van der Waals surface area contributed by atoms with Gasteiger partial charge in [-0.15, -0.1) is 0 Å². The summed E-state index contributed by atoms with van der Waals surface area (Å²) in [4.78, 5) is 2.78. The second-order valence-electron chi connectivity index (χ2n) is 7.28. The molecule has 1 aromatic carbocycles. The lowest BCUT2D eigenvalue weighted by atomic mass is 9.74. The Morgan fingerprint density at radius 1 is 1.20 bits per heavy atom. The lowest BCUT2D eigenvalue weighted by Gasteiger charge is -2.47. The molecule has 2 heteroatoms. The van der Waals surface area contributed by atoms with Gasteiger partial charge in [-0.05, 0) is 30.2 Å². The maximum absolute atomic E-state index is 3.58. The van der Waals surface area contributed by atoms with Crippen molar-refractivity contribution < 1.29 is 0 Å². The molecule has 2 aliphatic rings. The summed E-state index contributed by atoms with van der Waals surface area (Å²) in [5.41, 5.74) is 2.00. The highest BCUT2D eigenvalue weighted by atomic mass is 15.2. The van der Waals surface area contributed by atoms with E-state index in [0.29, 0.717) is 11.5 Å². The van der Waals surface area contributed by atoms with E-state index >= 15 is 0 Å². The molecule has 3 rings (SSSR count). The van der Waals surface area contributed by atoms with Crippen molar-refractivity contribution in [2.75, 3.05) is 19.6 Å². The third-order valence-electron chi connectivity index (χ3n) is 5.12. The molecule has 1 saturated carbocycles. The van der Waals surface area contributed by atoms with Gasteiger partial charge in [-0.2, -0.15) is 0 Å². The zero-order valence-corrected chi connectivity index (χ0v) is 12.9. The van der Waals surface area contributed by atoms with Crippen molar-refractivity contribution >= 4 is 0 Å². The van der Waals surface area contributed by atoms with Gasteiger partial charge in [0.2, 0.25) is 0 Å². The summed E-state index contributed by atoms with van der Waals surface area (Å²) in [6.45, 7) is 8.32. The van der Waals surface area contributed by atoms with Gasteiger partial charge in [0.15, 0.2) is 0 Å². The second-order valence-corrected chi connectivity index (χ2v) is 7.28. The Bertz CT molecular complexity index is 426. The molecule has 0 spiro atoms. The van der Waals surface area contributed by atoms with Crippen molar-refractivity contribution in [3.05, 3.63) is 35.9 Å². The van der Waals surface area contributed by atoms with Crippen molar-refractivity contribution in [3.8, 4) is 0 Å². The van der Waals surface area contributed by atoms with Crippen LogP contribution in [0.5, 0.6) is 0 Å². The van der Waals surface area contributed by atoms with Gasteiger partial charge < -0.3 is 5.32 Å². The van der Waals surface area contributed by atoms with Crippen LogP contribution in [0.4, 0.5) is 0 Å². The molecule has 1 N–H and O–H groups in total. The highest BCUT2D eigenvalue weighted by Gasteiger charge is 2.35. The Morgan fingerprint density at radius 2 is 2.00 bits per heavy atom. The number of benzene rings is 1. The zero-order valence-electron chi connectivity index (χ0n) is 12.9. The highest BCUT2D eigenvalue weighted by molar-refractivity contribution is 5.20. The molecule has 2 nitrogen and oxygen atoms in total. The summed E-state index contributed by atoms with van der Waals surface area (Å²) in [5.74, 6) is 0. The first-order valence-electron chi connectivity index (χ1n) is 8.17. The van der Waals surface area contributed by atoms with E-state index in [1.807, 2.05) is 0 Å². The molecule has 110 valence electrons. The zero-order chi connectivity index (χ0) is 14.0. The molecule has 1 aliphatic heterocycles. The molecule has 2 fully saturated rings. The Hall–Kier alpha value is -0.860. The fraction of sp³-hybridized carbons (Fsp3) is 0.667. The van der Waals surface area contributed by atoms with E-state index in [1.165, 1.54) is 37.8 Å². The monoisotopic (exact) mass is 272 g/mol. The maximum atomic E-state index is 3.58. The first-order chi connectivity index (χ1) is 9.66. The molecule has 1 heterocycles. The van der Waals surface area contributed by atoms with Crippen molar-refractivity contribution in [2.45, 2.75) is 51.6 Å². The lowest BCUT2D eigenvalue weighted by Crippen LogP contribution is -2.52. The smallest absolute Gasteiger partial charge is 0.0476 e. The quantitative estimate of drug-likeness (QED) is 0.885.